The average molecular weight is 378 g/mol. The molecule has 0 radical (unpaired) electrons. The van der Waals surface area contributed by atoms with Gasteiger partial charge >= 0.3 is 0 Å². The summed E-state index contributed by atoms with van der Waals surface area (Å²) in [7, 11) is 0. The minimum atomic E-state index is -0.0381. The van der Waals surface area contributed by atoms with Gasteiger partial charge in [0.25, 0.3) is 0 Å². The fourth-order valence-corrected chi connectivity index (χ4v) is 6.23. The highest BCUT2D eigenvalue weighted by atomic mass is 16.3. The molecule has 1 saturated heterocycles. The topological polar surface area (TPSA) is 43.7 Å². The van der Waals surface area contributed by atoms with E-state index in [1.807, 2.05) is 12.1 Å². The van der Waals surface area contributed by atoms with Gasteiger partial charge in [0.1, 0.15) is 5.75 Å². The van der Waals surface area contributed by atoms with Gasteiger partial charge in [0.15, 0.2) is 0 Å². The summed E-state index contributed by atoms with van der Waals surface area (Å²) in [6.07, 6.45) is 3.29. The van der Waals surface area contributed by atoms with Crippen LogP contribution in [0.15, 0.2) is 48.5 Å². The van der Waals surface area contributed by atoms with Crippen LogP contribution in [0.3, 0.4) is 0 Å². The molecule has 5 rings (SSSR count). The Morgan fingerprint density at radius 3 is 2.68 bits per heavy atom. The molecule has 3 aliphatic rings. The van der Waals surface area contributed by atoms with Crippen molar-refractivity contribution in [1.82, 2.24) is 4.90 Å². The number of piperidine rings is 1. The summed E-state index contributed by atoms with van der Waals surface area (Å²) in [5, 5.41) is 20.2. The molecule has 3 heteroatoms. The third-order valence-corrected chi connectivity index (χ3v) is 8.43. The first-order valence-corrected chi connectivity index (χ1v) is 10.7. The van der Waals surface area contributed by atoms with E-state index in [1.54, 1.807) is 0 Å². The number of hydrogen-bond donors (Lipinski definition) is 2. The molecule has 1 heterocycles. The quantitative estimate of drug-likeness (QED) is 0.850. The fourth-order valence-electron chi connectivity index (χ4n) is 6.23. The number of fused-ring (bicyclic) bond motifs is 4. The Labute approximate surface area is 168 Å². The molecule has 5 atom stereocenters. The van der Waals surface area contributed by atoms with E-state index in [1.165, 1.54) is 16.7 Å². The Morgan fingerprint density at radius 1 is 1.14 bits per heavy atom. The van der Waals surface area contributed by atoms with E-state index in [2.05, 4.69) is 55.1 Å². The van der Waals surface area contributed by atoms with Gasteiger partial charge in [-0.25, -0.2) is 0 Å². The maximum absolute atomic E-state index is 10.2. The van der Waals surface area contributed by atoms with Crippen LogP contribution in [0.2, 0.25) is 0 Å². The van der Waals surface area contributed by atoms with Gasteiger partial charge in [-0.1, -0.05) is 50.2 Å². The lowest BCUT2D eigenvalue weighted by molar-refractivity contribution is 0.0259. The van der Waals surface area contributed by atoms with E-state index >= 15 is 0 Å². The summed E-state index contributed by atoms with van der Waals surface area (Å²) in [5.74, 6) is 1.49. The maximum Gasteiger partial charge on any atom is 0.115 e. The van der Waals surface area contributed by atoms with Crippen molar-refractivity contribution in [3.8, 4) is 5.75 Å². The number of nitrogens with zero attached hydrogens (tertiary/aromatic N) is 1. The maximum atomic E-state index is 10.2. The van der Waals surface area contributed by atoms with Crippen molar-refractivity contribution >= 4 is 0 Å². The molecule has 2 aromatic carbocycles. The molecule has 28 heavy (non-hydrogen) atoms. The second-order valence-corrected chi connectivity index (χ2v) is 9.65. The summed E-state index contributed by atoms with van der Waals surface area (Å²) in [4.78, 5) is 2.70. The molecule has 0 aromatic heterocycles. The third-order valence-electron chi connectivity index (χ3n) is 8.43. The van der Waals surface area contributed by atoms with E-state index in [9.17, 15) is 10.2 Å². The first-order valence-electron chi connectivity index (χ1n) is 10.7. The first kappa shape index (κ1) is 18.2. The zero-order chi connectivity index (χ0) is 19.5. The van der Waals surface area contributed by atoms with Crippen LogP contribution < -0.4 is 0 Å². The molecule has 1 aliphatic heterocycles. The number of hydrogen-bond acceptors (Lipinski definition) is 3. The third kappa shape index (κ3) is 2.56. The highest BCUT2D eigenvalue weighted by Crippen LogP contribution is 2.56. The fraction of sp³-hybridized carbons (Fsp3) is 0.520. The minimum absolute atomic E-state index is 0.0381. The highest BCUT2D eigenvalue weighted by Gasteiger charge is 2.57. The largest absolute Gasteiger partial charge is 0.508 e. The van der Waals surface area contributed by atoms with Crippen LogP contribution in [0.1, 0.15) is 43.4 Å². The Hall–Kier alpha value is -1.84. The highest BCUT2D eigenvalue weighted by molar-refractivity contribution is 5.44. The zero-order valence-corrected chi connectivity index (χ0v) is 16.9. The Kier molecular flexibility index (Phi) is 4.12. The van der Waals surface area contributed by atoms with Gasteiger partial charge in [0, 0.05) is 18.0 Å². The predicted octanol–water partition coefficient (Wildman–Crippen LogP) is 3.87. The number of likely N-dealkylation sites (tertiary alicyclic amines) is 1. The van der Waals surface area contributed by atoms with Crippen LogP contribution in [0, 0.1) is 11.8 Å². The molecule has 2 aromatic rings. The first-order chi connectivity index (χ1) is 13.5. The predicted molar refractivity (Wildman–Crippen MR) is 112 cm³/mol. The second-order valence-electron chi connectivity index (χ2n) is 9.65. The van der Waals surface area contributed by atoms with Crippen molar-refractivity contribution < 1.29 is 10.2 Å². The normalized spacial score (nSPS) is 36.8. The Morgan fingerprint density at radius 2 is 1.93 bits per heavy atom. The van der Waals surface area contributed by atoms with Crippen molar-refractivity contribution in [3.63, 3.8) is 0 Å². The summed E-state index contributed by atoms with van der Waals surface area (Å²) < 4.78 is 0. The second kappa shape index (κ2) is 6.33. The number of phenols is 1. The van der Waals surface area contributed by atoms with E-state index in [0.717, 1.165) is 32.4 Å². The zero-order valence-electron chi connectivity index (χ0n) is 16.9. The van der Waals surface area contributed by atoms with E-state index in [0.29, 0.717) is 23.6 Å². The van der Waals surface area contributed by atoms with Gasteiger partial charge in [-0.2, -0.15) is 0 Å². The summed E-state index contributed by atoms with van der Waals surface area (Å²) >= 11 is 0. The Bertz CT molecular complexity index is 881. The van der Waals surface area contributed by atoms with Gasteiger partial charge in [-0.15, -0.1) is 0 Å². The van der Waals surface area contributed by atoms with Crippen LogP contribution in [0.5, 0.6) is 5.75 Å². The number of aliphatic hydroxyl groups excluding tert-OH is 1. The standard InChI is InChI=1S/C25H31NO2/c1-17-23-12-18-8-9-21(28)13-22(18)24(17,2)10-11-26(23)15-20-14-25(20,16-27)19-6-4-3-5-7-19/h3-9,13,17,20,23,27-28H,10-12,14-16H2,1-2H3/t17-,20-,23+,24+,25+/m0/s1. The van der Waals surface area contributed by atoms with Crippen LogP contribution in [-0.2, 0) is 17.3 Å². The molecule has 2 N–H and O–H groups in total. The number of aliphatic hydroxyl groups is 1. The lowest BCUT2D eigenvalue weighted by Gasteiger charge is -2.55. The van der Waals surface area contributed by atoms with E-state index in [4.69, 9.17) is 0 Å². The van der Waals surface area contributed by atoms with Crippen molar-refractivity contribution in [2.24, 2.45) is 11.8 Å². The number of rotatable bonds is 4. The number of aromatic hydroxyl groups is 1. The van der Waals surface area contributed by atoms with Crippen molar-refractivity contribution in [3.05, 3.63) is 65.2 Å². The smallest absolute Gasteiger partial charge is 0.115 e. The molecule has 0 spiro atoms. The van der Waals surface area contributed by atoms with Crippen molar-refractivity contribution in [1.29, 1.82) is 0 Å². The molecule has 0 amide bonds. The molecule has 0 unspecified atom stereocenters. The lowest BCUT2D eigenvalue weighted by atomic mass is 9.59. The van der Waals surface area contributed by atoms with Crippen molar-refractivity contribution in [2.45, 2.75) is 50.0 Å². The average Bonchev–Trinajstić information content (AvgIpc) is 3.42. The van der Waals surface area contributed by atoms with Crippen LogP contribution in [0.4, 0.5) is 0 Å². The molecule has 1 saturated carbocycles. The van der Waals surface area contributed by atoms with E-state index in [-0.39, 0.29) is 17.4 Å². The molecular formula is C25H31NO2. The van der Waals surface area contributed by atoms with Gasteiger partial charge < -0.3 is 10.2 Å². The molecule has 2 aliphatic carbocycles. The number of phenolic OH excluding ortho intramolecular Hbond substituents is 1. The monoisotopic (exact) mass is 377 g/mol. The molecule has 148 valence electrons. The summed E-state index contributed by atoms with van der Waals surface area (Å²) in [6.45, 7) is 7.21. The van der Waals surface area contributed by atoms with Gasteiger partial charge in [-0.3, -0.25) is 4.90 Å². The summed E-state index contributed by atoms with van der Waals surface area (Å²) in [6, 6.07) is 17.1. The minimum Gasteiger partial charge on any atom is -0.508 e. The van der Waals surface area contributed by atoms with Crippen LogP contribution in [-0.4, -0.2) is 40.9 Å². The summed E-state index contributed by atoms with van der Waals surface area (Å²) in [5.41, 5.74) is 4.16. The van der Waals surface area contributed by atoms with E-state index < -0.39 is 0 Å². The van der Waals surface area contributed by atoms with Gasteiger partial charge in [0.2, 0.25) is 0 Å². The van der Waals surface area contributed by atoms with Crippen LogP contribution in [0.25, 0.3) is 0 Å². The number of benzene rings is 2. The molecular weight excluding hydrogens is 346 g/mol. The molecule has 2 bridgehead atoms. The molecule has 3 nitrogen and oxygen atoms in total. The SMILES string of the molecule is C[C@H]1[C@H]2Cc3ccc(O)cc3[C@]1(C)CCN2C[C@@H]1C[C@@]1(CO)c1ccccc1. The van der Waals surface area contributed by atoms with Crippen molar-refractivity contribution in [2.75, 3.05) is 19.7 Å². The lowest BCUT2D eigenvalue weighted by Crippen LogP contribution is -2.58. The molecule has 2 fully saturated rings. The Balaban J connectivity index is 1.39. The van der Waals surface area contributed by atoms with Gasteiger partial charge in [0.05, 0.1) is 6.61 Å². The van der Waals surface area contributed by atoms with Crippen LogP contribution >= 0.6 is 0 Å². The van der Waals surface area contributed by atoms with Gasteiger partial charge in [-0.05, 0) is 71.9 Å².